The Hall–Kier alpha value is -0.840. The van der Waals surface area contributed by atoms with Crippen LogP contribution in [0.25, 0.3) is 0 Å². The van der Waals surface area contributed by atoms with Crippen LogP contribution in [-0.2, 0) is 5.54 Å². The summed E-state index contributed by atoms with van der Waals surface area (Å²) >= 11 is 1.49. The first-order valence-electron chi connectivity index (χ1n) is 3.95. The van der Waals surface area contributed by atoms with Gasteiger partial charge in [-0.05, 0) is 27.0 Å². The molecule has 0 aliphatic rings. The van der Waals surface area contributed by atoms with Gasteiger partial charge in [-0.2, -0.15) is 0 Å². The van der Waals surface area contributed by atoms with Crippen molar-refractivity contribution in [3.8, 4) is 0 Å². The molecule has 13 heavy (non-hydrogen) atoms. The van der Waals surface area contributed by atoms with Crippen LogP contribution >= 0.6 is 11.8 Å². The third-order valence-electron chi connectivity index (χ3n) is 1.62. The van der Waals surface area contributed by atoms with Crippen LogP contribution < -0.4 is 0 Å². The second-order valence-electron chi connectivity index (χ2n) is 3.67. The van der Waals surface area contributed by atoms with Crippen molar-refractivity contribution < 1.29 is 4.79 Å². The number of nitrogens with zero attached hydrogens (tertiary/aromatic N) is 3. The van der Waals surface area contributed by atoms with Gasteiger partial charge < -0.3 is 0 Å². The second-order valence-corrected chi connectivity index (χ2v) is 4.44. The molecule has 1 aromatic heterocycles. The molecule has 72 valence electrons. The molecule has 0 N–H and O–H groups in total. The SMILES string of the molecule is CSc1nnc(C=O)n1C(C)(C)C. The van der Waals surface area contributed by atoms with E-state index in [4.69, 9.17) is 0 Å². The summed E-state index contributed by atoms with van der Waals surface area (Å²) in [6.45, 7) is 6.05. The van der Waals surface area contributed by atoms with Crippen LogP contribution in [0, 0.1) is 0 Å². The third kappa shape index (κ3) is 1.91. The minimum atomic E-state index is -0.155. The molecular weight excluding hydrogens is 186 g/mol. The molecule has 5 heteroatoms. The standard InChI is InChI=1S/C8H13N3OS/c1-8(2,3)11-6(5-12)9-10-7(11)13-4/h5H,1-4H3. The number of aldehydes is 1. The van der Waals surface area contributed by atoms with Crippen LogP contribution in [0.3, 0.4) is 0 Å². The lowest BCUT2D eigenvalue weighted by Gasteiger charge is -2.22. The van der Waals surface area contributed by atoms with E-state index in [2.05, 4.69) is 10.2 Å². The Morgan fingerprint density at radius 3 is 2.38 bits per heavy atom. The fourth-order valence-corrected chi connectivity index (χ4v) is 1.79. The molecule has 0 bridgehead atoms. The zero-order chi connectivity index (χ0) is 10.1. The van der Waals surface area contributed by atoms with Gasteiger partial charge in [0.2, 0.25) is 0 Å². The first-order valence-corrected chi connectivity index (χ1v) is 5.18. The highest BCUT2D eigenvalue weighted by atomic mass is 32.2. The predicted molar refractivity (Wildman–Crippen MR) is 52.2 cm³/mol. The van der Waals surface area contributed by atoms with Gasteiger partial charge in [0, 0.05) is 5.54 Å². The van der Waals surface area contributed by atoms with Crippen molar-refractivity contribution >= 4 is 18.0 Å². The maximum Gasteiger partial charge on any atom is 0.198 e. The monoisotopic (exact) mass is 199 g/mol. The van der Waals surface area contributed by atoms with Crippen LogP contribution in [-0.4, -0.2) is 27.3 Å². The van der Waals surface area contributed by atoms with E-state index in [1.165, 1.54) is 11.8 Å². The Morgan fingerprint density at radius 2 is 2.00 bits per heavy atom. The summed E-state index contributed by atoms with van der Waals surface area (Å²) in [7, 11) is 0. The molecule has 0 atom stereocenters. The van der Waals surface area contributed by atoms with Crippen molar-refractivity contribution in [3.05, 3.63) is 5.82 Å². The van der Waals surface area contributed by atoms with Gasteiger partial charge in [0.05, 0.1) is 0 Å². The van der Waals surface area contributed by atoms with Gasteiger partial charge in [-0.1, -0.05) is 11.8 Å². The lowest BCUT2D eigenvalue weighted by Crippen LogP contribution is -2.24. The summed E-state index contributed by atoms with van der Waals surface area (Å²) in [5, 5.41) is 8.49. The highest BCUT2D eigenvalue weighted by molar-refractivity contribution is 7.98. The summed E-state index contributed by atoms with van der Waals surface area (Å²) in [5.41, 5.74) is -0.155. The van der Waals surface area contributed by atoms with Gasteiger partial charge in [0.15, 0.2) is 17.3 Å². The molecular formula is C8H13N3OS. The van der Waals surface area contributed by atoms with Gasteiger partial charge in [-0.3, -0.25) is 9.36 Å². The lowest BCUT2D eigenvalue weighted by atomic mass is 10.1. The van der Waals surface area contributed by atoms with E-state index in [9.17, 15) is 4.79 Å². The Balaban J connectivity index is 3.28. The zero-order valence-corrected chi connectivity index (χ0v) is 9.05. The van der Waals surface area contributed by atoms with Crippen molar-refractivity contribution in [1.82, 2.24) is 14.8 Å². The lowest BCUT2D eigenvalue weighted by molar-refractivity contribution is 0.110. The van der Waals surface area contributed by atoms with E-state index in [-0.39, 0.29) is 5.54 Å². The van der Waals surface area contributed by atoms with Crippen LogP contribution in [0.2, 0.25) is 0 Å². The molecule has 0 saturated heterocycles. The van der Waals surface area contributed by atoms with Crippen LogP contribution in [0.5, 0.6) is 0 Å². The molecule has 0 spiro atoms. The summed E-state index contributed by atoms with van der Waals surface area (Å²) < 4.78 is 1.84. The Morgan fingerprint density at radius 1 is 1.38 bits per heavy atom. The van der Waals surface area contributed by atoms with Gasteiger partial charge in [0.25, 0.3) is 0 Å². The highest BCUT2D eigenvalue weighted by Crippen LogP contribution is 2.22. The summed E-state index contributed by atoms with van der Waals surface area (Å²) in [5.74, 6) is 0.386. The van der Waals surface area contributed by atoms with Gasteiger partial charge >= 0.3 is 0 Å². The molecule has 4 nitrogen and oxygen atoms in total. The molecule has 1 aromatic rings. The first kappa shape index (κ1) is 10.2. The van der Waals surface area contributed by atoms with Crippen molar-refractivity contribution in [2.75, 3.05) is 6.26 Å². The van der Waals surface area contributed by atoms with E-state index in [0.717, 1.165) is 11.4 Å². The van der Waals surface area contributed by atoms with Crippen LogP contribution in [0.15, 0.2) is 5.16 Å². The number of aromatic nitrogens is 3. The van der Waals surface area contributed by atoms with Gasteiger partial charge in [-0.25, -0.2) is 0 Å². The van der Waals surface area contributed by atoms with E-state index < -0.39 is 0 Å². The largest absolute Gasteiger partial charge is 0.294 e. The second kappa shape index (κ2) is 3.49. The molecule has 0 radical (unpaired) electrons. The van der Waals surface area contributed by atoms with E-state index in [1.54, 1.807) is 0 Å². The fraction of sp³-hybridized carbons (Fsp3) is 0.625. The van der Waals surface area contributed by atoms with Gasteiger partial charge in [0.1, 0.15) is 0 Å². The third-order valence-corrected chi connectivity index (χ3v) is 2.25. The normalized spacial score (nSPS) is 11.7. The molecule has 0 aliphatic heterocycles. The average molecular weight is 199 g/mol. The number of hydrogen-bond acceptors (Lipinski definition) is 4. The maximum atomic E-state index is 10.7. The molecule has 1 rings (SSSR count). The number of hydrogen-bond donors (Lipinski definition) is 0. The van der Waals surface area contributed by atoms with Gasteiger partial charge in [-0.15, -0.1) is 10.2 Å². The molecule has 0 saturated carbocycles. The van der Waals surface area contributed by atoms with Crippen molar-refractivity contribution in [2.45, 2.75) is 31.5 Å². The summed E-state index contributed by atoms with van der Waals surface area (Å²) in [6, 6.07) is 0. The average Bonchev–Trinajstić information content (AvgIpc) is 2.45. The van der Waals surface area contributed by atoms with E-state index in [0.29, 0.717) is 5.82 Å². The molecule has 0 aromatic carbocycles. The van der Waals surface area contributed by atoms with Crippen molar-refractivity contribution in [3.63, 3.8) is 0 Å². The first-order chi connectivity index (χ1) is 6.00. The molecule has 0 fully saturated rings. The minimum absolute atomic E-state index is 0.155. The van der Waals surface area contributed by atoms with Crippen molar-refractivity contribution in [1.29, 1.82) is 0 Å². The Bertz CT molecular complexity index is 314. The number of thioether (sulfide) groups is 1. The maximum absolute atomic E-state index is 10.7. The molecule has 1 heterocycles. The smallest absolute Gasteiger partial charge is 0.198 e. The van der Waals surface area contributed by atoms with Crippen LogP contribution in [0.4, 0.5) is 0 Å². The molecule has 0 amide bonds. The number of rotatable bonds is 2. The fourth-order valence-electron chi connectivity index (χ4n) is 1.12. The number of carbonyl (C=O) groups excluding carboxylic acids is 1. The molecule has 0 unspecified atom stereocenters. The van der Waals surface area contributed by atoms with Crippen molar-refractivity contribution in [2.24, 2.45) is 0 Å². The predicted octanol–water partition coefficient (Wildman–Crippen LogP) is 1.57. The summed E-state index contributed by atoms with van der Waals surface area (Å²) in [6.07, 6.45) is 2.65. The number of carbonyl (C=O) groups is 1. The topological polar surface area (TPSA) is 47.8 Å². The zero-order valence-electron chi connectivity index (χ0n) is 8.24. The minimum Gasteiger partial charge on any atom is -0.294 e. The van der Waals surface area contributed by atoms with E-state index in [1.807, 2.05) is 31.6 Å². The highest BCUT2D eigenvalue weighted by Gasteiger charge is 2.21. The van der Waals surface area contributed by atoms with Crippen LogP contribution in [0.1, 0.15) is 31.4 Å². The quantitative estimate of drug-likeness (QED) is 0.536. The molecule has 0 aliphatic carbocycles. The summed E-state index contributed by atoms with van der Waals surface area (Å²) in [4.78, 5) is 10.7. The van der Waals surface area contributed by atoms with E-state index >= 15 is 0 Å². The Labute approximate surface area is 81.7 Å². The Kier molecular flexibility index (Phi) is 2.75.